The molecule has 0 bridgehead atoms. The highest BCUT2D eigenvalue weighted by Gasteiger charge is 2.61. The van der Waals surface area contributed by atoms with Gasteiger partial charge in [0.25, 0.3) is 0 Å². The summed E-state index contributed by atoms with van der Waals surface area (Å²) >= 11 is 0. The number of hydrogen-bond donors (Lipinski definition) is 0. The molecular weight excluding hydrogens is 642 g/mol. The van der Waals surface area contributed by atoms with E-state index in [0.717, 1.165) is 0 Å². The van der Waals surface area contributed by atoms with Crippen molar-refractivity contribution in [2.45, 2.75) is 85.6 Å². The van der Waals surface area contributed by atoms with E-state index >= 15 is 0 Å². The molecule has 2 heterocycles. The standard InChI is InChI=1S/C35H55NO13/c1-8-26(36-14-10-11-27(36)38)29-30(32(41)49-31(29)40)35(6,33(42)48-22-21-47-28(39)23-24(3)37)13-12-34(5,9-2)25(4)46-20-19-45-18-17-44-16-15-43-7/h26,29-30H,4,8-23H2,1-3,5-7H3. The number of methoxy groups -OCH3 is 1. The van der Waals surface area contributed by atoms with Crippen LogP contribution >= 0.6 is 0 Å². The number of rotatable bonds is 25. The summed E-state index contributed by atoms with van der Waals surface area (Å²) in [7, 11) is 1.60. The first kappa shape index (κ1) is 41.8. The number of allylic oxidation sites excluding steroid dienone is 1. The van der Waals surface area contributed by atoms with Crippen LogP contribution in [-0.4, -0.2) is 113 Å². The normalized spacial score (nSPS) is 20.7. The maximum Gasteiger partial charge on any atom is 0.319 e. The second-order valence-electron chi connectivity index (χ2n) is 13.0. The van der Waals surface area contributed by atoms with E-state index in [2.05, 4.69) is 6.58 Å². The molecule has 2 rings (SSSR count). The molecule has 0 saturated carbocycles. The lowest BCUT2D eigenvalue weighted by molar-refractivity contribution is -0.169. The van der Waals surface area contributed by atoms with Gasteiger partial charge in [-0.2, -0.15) is 0 Å². The number of likely N-dealkylation sites (tertiary alicyclic amines) is 1. The number of cyclic esters (lactones) is 2. The van der Waals surface area contributed by atoms with Crippen LogP contribution in [0.1, 0.15) is 79.6 Å². The highest BCUT2D eigenvalue weighted by atomic mass is 16.6. The molecule has 0 aliphatic carbocycles. The maximum atomic E-state index is 14.0. The van der Waals surface area contributed by atoms with Gasteiger partial charge in [-0.1, -0.05) is 27.4 Å². The van der Waals surface area contributed by atoms with Crippen LogP contribution in [0.4, 0.5) is 0 Å². The molecule has 49 heavy (non-hydrogen) atoms. The molecular formula is C35H55NO13. The second-order valence-corrected chi connectivity index (χ2v) is 13.0. The fourth-order valence-corrected chi connectivity index (χ4v) is 6.24. The van der Waals surface area contributed by atoms with Crippen LogP contribution in [0.5, 0.6) is 0 Å². The number of carbonyl (C=O) groups excluding carboxylic acids is 6. The summed E-state index contributed by atoms with van der Waals surface area (Å²) in [4.78, 5) is 78.2. The molecule has 0 aromatic heterocycles. The average Bonchev–Trinajstić information content (AvgIpc) is 3.62. The number of ketones is 1. The molecule has 2 aliphatic rings. The number of amides is 1. The quantitative estimate of drug-likeness (QED) is 0.0449. The first-order valence-electron chi connectivity index (χ1n) is 17.1. The minimum atomic E-state index is -1.59. The van der Waals surface area contributed by atoms with Gasteiger partial charge in [0.1, 0.15) is 32.0 Å². The van der Waals surface area contributed by atoms with Gasteiger partial charge in [-0.3, -0.25) is 28.8 Å². The van der Waals surface area contributed by atoms with E-state index in [1.165, 1.54) is 6.92 Å². The fraction of sp³-hybridized carbons (Fsp3) is 0.771. The van der Waals surface area contributed by atoms with E-state index in [-0.39, 0.29) is 37.9 Å². The van der Waals surface area contributed by atoms with Gasteiger partial charge >= 0.3 is 23.9 Å². The zero-order chi connectivity index (χ0) is 36.6. The summed E-state index contributed by atoms with van der Waals surface area (Å²) in [5, 5.41) is 0. The molecule has 0 radical (unpaired) electrons. The van der Waals surface area contributed by atoms with Crippen LogP contribution in [0, 0.1) is 22.7 Å². The Balaban J connectivity index is 2.24. The molecule has 2 fully saturated rings. The molecule has 0 aromatic carbocycles. The molecule has 0 N–H and O–H groups in total. The van der Waals surface area contributed by atoms with Crippen LogP contribution < -0.4 is 0 Å². The van der Waals surface area contributed by atoms with Crippen molar-refractivity contribution >= 4 is 35.6 Å². The number of ether oxygens (including phenoxy) is 7. The summed E-state index contributed by atoms with van der Waals surface area (Å²) in [6, 6.07) is -0.653. The highest BCUT2D eigenvalue weighted by Crippen LogP contribution is 2.49. The predicted octanol–water partition coefficient (Wildman–Crippen LogP) is 3.18. The molecule has 0 aromatic rings. The van der Waals surface area contributed by atoms with Crippen molar-refractivity contribution in [3.8, 4) is 0 Å². The van der Waals surface area contributed by atoms with Gasteiger partial charge in [-0.15, -0.1) is 0 Å². The maximum absolute atomic E-state index is 14.0. The first-order chi connectivity index (χ1) is 23.2. The lowest BCUT2D eigenvalue weighted by atomic mass is 9.64. The summed E-state index contributed by atoms with van der Waals surface area (Å²) in [6.45, 7) is 14.8. The Labute approximate surface area is 289 Å². The third-order valence-electron chi connectivity index (χ3n) is 9.51. The molecule has 14 heteroatoms. The van der Waals surface area contributed by atoms with Crippen molar-refractivity contribution in [1.82, 2.24) is 4.90 Å². The van der Waals surface area contributed by atoms with Crippen molar-refractivity contribution in [3.63, 3.8) is 0 Å². The largest absolute Gasteiger partial charge is 0.496 e. The summed E-state index contributed by atoms with van der Waals surface area (Å²) < 4.78 is 37.6. The van der Waals surface area contributed by atoms with Crippen molar-refractivity contribution in [3.05, 3.63) is 12.3 Å². The average molecular weight is 698 g/mol. The van der Waals surface area contributed by atoms with Gasteiger partial charge in [0.2, 0.25) is 5.91 Å². The Morgan fingerprint density at radius 3 is 2.08 bits per heavy atom. The van der Waals surface area contributed by atoms with E-state index in [9.17, 15) is 28.8 Å². The summed E-state index contributed by atoms with van der Waals surface area (Å²) in [6.07, 6.45) is 1.89. The molecule has 5 atom stereocenters. The molecule has 1 amide bonds. The van der Waals surface area contributed by atoms with Gasteiger partial charge in [-0.25, -0.2) is 0 Å². The zero-order valence-electron chi connectivity index (χ0n) is 30.0. The summed E-state index contributed by atoms with van der Waals surface area (Å²) in [5.41, 5.74) is -2.24. The van der Waals surface area contributed by atoms with Crippen LogP contribution in [0.3, 0.4) is 0 Å². The Hall–Kier alpha value is -3.36. The van der Waals surface area contributed by atoms with Crippen LogP contribution in [0.25, 0.3) is 0 Å². The lowest BCUT2D eigenvalue weighted by Crippen LogP contribution is -2.51. The van der Waals surface area contributed by atoms with E-state index in [1.54, 1.807) is 18.9 Å². The minimum Gasteiger partial charge on any atom is -0.496 e. The highest BCUT2D eigenvalue weighted by molar-refractivity contribution is 6.00. The third kappa shape index (κ3) is 11.9. The van der Waals surface area contributed by atoms with Crippen LogP contribution in [0.15, 0.2) is 12.3 Å². The zero-order valence-corrected chi connectivity index (χ0v) is 30.0. The van der Waals surface area contributed by atoms with E-state index in [4.69, 9.17) is 33.2 Å². The number of hydrogen-bond acceptors (Lipinski definition) is 13. The predicted molar refractivity (Wildman–Crippen MR) is 175 cm³/mol. The Morgan fingerprint density at radius 2 is 1.51 bits per heavy atom. The fourth-order valence-electron chi connectivity index (χ4n) is 6.24. The second kappa shape index (κ2) is 20.3. The first-order valence-corrected chi connectivity index (χ1v) is 17.1. The number of Topliss-reactive ketones (excluding diaryl/α,β-unsaturated/α-hetero) is 1. The van der Waals surface area contributed by atoms with Gasteiger partial charge in [0.05, 0.1) is 56.0 Å². The molecule has 278 valence electrons. The Bertz CT molecular complexity index is 1170. The van der Waals surface area contributed by atoms with Crippen LogP contribution in [0.2, 0.25) is 0 Å². The van der Waals surface area contributed by atoms with Crippen molar-refractivity contribution in [2.24, 2.45) is 22.7 Å². The Kier molecular flexibility index (Phi) is 17.4. The molecule has 5 unspecified atom stereocenters. The molecule has 2 aliphatic heterocycles. The van der Waals surface area contributed by atoms with Gasteiger partial charge in [-0.05, 0) is 46.0 Å². The number of carbonyl (C=O) groups is 6. The van der Waals surface area contributed by atoms with Gasteiger partial charge in [0.15, 0.2) is 0 Å². The minimum absolute atomic E-state index is 0.0753. The van der Waals surface area contributed by atoms with E-state index < -0.39 is 59.0 Å². The molecule has 0 spiro atoms. The van der Waals surface area contributed by atoms with Crippen molar-refractivity contribution in [2.75, 3.05) is 66.5 Å². The van der Waals surface area contributed by atoms with Gasteiger partial charge in [0, 0.05) is 31.5 Å². The SMILES string of the molecule is C=C(OCCOCCOCCOC)C(C)(CC)CCC(C)(C(=O)OCCOC(=O)CC(C)=O)C1C(=O)OC(=O)C1C(CC)N1CCCC1=O. The van der Waals surface area contributed by atoms with E-state index in [0.29, 0.717) is 77.4 Å². The van der Waals surface area contributed by atoms with E-state index in [1.807, 2.05) is 20.8 Å². The number of nitrogens with zero attached hydrogens (tertiary/aromatic N) is 1. The monoisotopic (exact) mass is 697 g/mol. The number of esters is 4. The topological polar surface area (TPSA) is 170 Å². The van der Waals surface area contributed by atoms with Gasteiger partial charge < -0.3 is 38.1 Å². The molecule has 14 nitrogen and oxygen atoms in total. The van der Waals surface area contributed by atoms with Crippen molar-refractivity contribution in [1.29, 1.82) is 0 Å². The smallest absolute Gasteiger partial charge is 0.319 e. The Morgan fingerprint density at radius 1 is 0.898 bits per heavy atom. The lowest BCUT2D eigenvalue weighted by Gasteiger charge is -2.40. The van der Waals surface area contributed by atoms with Crippen LogP contribution in [-0.2, 0) is 61.9 Å². The molecule has 2 saturated heterocycles. The van der Waals surface area contributed by atoms with Crippen molar-refractivity contribution < 1.29 is 61.9 Å². The third-order valence-corrected chi connectivity index (χ3v) is 9.51. The summed E-state index contributed by atoms with van der Waals surface area (Å²) in [5.74, 6) is -5.54.